The molecule has 0 aliphatic heterocycles. The molecule has 146 valence electrons. The molecule has 3 aromatic carbocycles. The summed E-state index contributed by atoms with van der Waals surface area (Å²) in [7, 11) is 1.53. The number of methoxy groups -OCH3 is 1. The summed E-state index contributed by atoms with van der Waals surface area (Å²) in [6, 6.07) is 19.8. The third-order valence-corrected chi connectivity index (χ3v) is 4.58. The van der Waals surface area contributed by atoms with Gasteiger partial charge in [-0.15, -0.1) is 0 Å². The SMILES string of the molecule is COc1ccc(OCc2cccc(C(=O)Cc3ccccc3)c2C=N)c(C=O)c1. The molecule has 1 N–H and O–H groups in total. The predicted octanol–water partition coefficient (Wildman–Crippen LogP) is 4.51. The van der Waals surface area contributed by atoms with Crippen LogP contribution in [0.5, 0.6) is 11.5 Å². The average molecular weight is 387 g/mol. The fourth-order valence-corrected chi connectivity index (χ4v) is 3.06. The van der Waals surface area contributed by atoms with Gasteiger partial charge in [0.25, 0.3) is 0 Å². The Morgan fingerprint density at radius 3 is 2.52 bits per heavy atom. The summed E-state index contributed by atoms with van der Waals surface area (Å²) >= 11 is 0. The van der Waals surface area contributed by atoms with Crippen LogP contribution >= 0.6 is 0 Å². The van der Waals surface area contributed by atoms with E-state index in [-0.39, 0.29) is 18.8 Å². The minimum atomic E-state index is -0.0606. The number of aldehydes is 1. The Balaban J connectivity index is 1.82. The van der Waals surface area contributed by atoms with E-state index in [2.05, 4.69) is 0 Å². The number of benzene rings is 3. The van der Waals surface area contributed by atoms with Crippen LogP contribution in [0.25, 0.3) is 0 Å². The van der Waals surface area contributed by atoms with Crippen LogP contribution in [-0.4, -0.2) is 25.4 Å². The Morgan fingerprint density at radius 2 is 1.83 bits per heavy atom. The van der Waals surface area contributed by atoms with Gasteiger partial charge >= 0.3 is 0 Å². The lowest BCUT2D eigenvalue weighted by atomic mass is 9.95. The van der Waals surface area contributed by atoms with E-state index in [4.69, 9.17) is 14.9 Å². The lowest BCUT2D eigenvalue weighted by molar-refractivity contribution is 0.0992. The number of Topliss-reactive ketones (excluding diaryl/α,β-unsaturated/α-hetero) is 1. The van der Waals surface area contributed by atoms with Gasteiger partial charge in [-0.2, -0.15) is 0 Å². The van der Waals surface area contributed by atoms with Gasteiger partial charge in [-0.3, -0.25) is 9.59 Å². The molecule has 0 radical (unpaired) electrons. The van der Waals surface area contributed by atoms with Crippen molar-refractivity contribution in [2.45, 2.75) is 13.0 Å². The molecule has 0 heterocycles. The summed E-state index contributed by atoms with van der Waals surface area (Å²) in [5, 5.41) is 7.81. The largest absolute Gasteiger partial charge is 0.497 e. The minimum absolute atomic E-state index is 0.0606. The van der Waals surface area contributed by atoms with Crippen molar-refractivity contribution in [2.75, 3.05) is 7.11 Å². The maximum atomic E-state index is 12.8. The number of nitrogens with one attached hydrogen (secondary N) is 1. The fourth-order valence-electron chi connectivity index (χ4n) is 3.06. The number of ketones is 1. The van der Waals surface area contributed by atoms with Gasteiger partial charge in [-0.25, -0.2) is 0 Å². The van der Waals surface area contributed by atoms with Gasteiger partial charge in [-0.1, -0.05) is 48.5 Å². The molecular weight excluding hydrogens is 366 g/mol. The first kappa shape index (κ1) is 20.0. The standard InChI is InChI=1S/C24H21NO4/c1-28-20-10-11-24(19(13-20)15-26)29-16-18-8-5-9-21(22(18)14-25)23(27)12-17-6-3-2-4-7-17/h2-11,13-15,25H,12,16H2,1H3. The first-order chi connectivity index (χ1) is 14.2. The van der Waals surface area contributed by atoms with Gasteiger partial charge in [0.2, 0.25) is 0 Å². The minimum Gasteiger partial charge on any atom is -0.497 e. The fraction of sp³-hybridized carbons (Fsp3) is 0.125. The number of rotatable bonds is 9. The van der Waals surface area contributed by atoms with Crippen molar-refractivity contribution in [3.8, 4) is 11.5 Å². The van der Waals surface area contributed by atoms with Crippen LogP contribution in [0.2, 0.25) is 0 Å². The molecule has 0 aliphatic rings. The van der Waals surface area contributed by atoms with E-state index in [1.165, 1.54) is 13.3 Å². The summed E-state index contributed by atoms with van der Waals surface area (Å²) in [4.78, 5) is 24.1. The lowest BCUT2D eigenvalue weighted by Crippen LogP contribution is -2.10. The monoisotopic (exact) mass is 387 g/mol. The molecule has 0 aliphatic carbocycles. The van der Waals surface area contributed by atoms with E-state index in [9.17, 15) is 9.59 Å². The molecule has 0 saturated heterocycles. The molecule has 0 unspecified atom stereocenters. The normalized spacial score (nSPS) is 10.2. The molecule has 3 rings (SSSR count). The van der Waals surface area contributed by atoms with Crippen LogP contribution in [-0.2, 0) is 13.0 Å². The summed E-state index contributed by atoms with van der Waals surface area (Å²) < 4.78 is 10.9. The van der Waals surface area contributed by atoms with Crippen molar-refractivity contribution in [3.05, 3.63) is 94.5 Å². The molecule has 0 bridgehead atoms. The molecule has 29 heavy (non-hydrogen) atoms. The molecule has 5 heteroatoms. The molecule has 5 nitrogen and oxygen atoms in total. The Bertz CT molecular complexity index is 1030. The summed E-state index contributed by atoms with van der Waals surface area (Å²) in [6.45, 7) is 0.129. The van der Waals surface area contributed by atoms with Gasteiger partial charge in [0.05, 0.1) is 12.7 Å². The predicted molar refractivity (Wildman–Crippen MR) is 112 cm³/mol. The maximum absolute atomic E-state index is 12.8. The zero-order valence-corrected chi connectivity index (χ0v) is 16.1. The second-order valence-electron chi connectivity index (χ2n) is 6.42. The Labute approximate surface area is 169 Å². The zero-order valence-electron chi connectivity index (χ0n) is 16.1. The second-order valence-corrected chi connectivity index (χ2v) is 6.42. The number of ether oxygens (including phenoxy) is 2. The first-order valence-electron chi connectivity index (χ1n) is 9.11. The second kappa shape index (κ2) is 9.46. The molecule has 0 fully saturated rings. The van der Waals surface area contributed by atoms with E-state index in [1.54, 1.807) is 30.3 Å². The Kier molecular flexibility index (Phi) is 6.53. The van der Waals surface area contributed by atoms with Crippen LogP contribution in [0.3, 0.4) is 0 Å². The summed E-state index contributed by atoms with van der Waals surface area (Å²) in [5.41, 5.74) is 3.00. The molecule has 0 saturated carbocycles. The van der Waals surface area contributed by atoms with Crippen LogP contribution in [0.4, 0.5) is 0 Å². The molecule has 0 spiro atoms. The van der Waals surface area contributed by atoms with Gasteiger partial charge < -0.3 is 14.9 Å². The molecule has 0 aromatic heterocycles. The quantitative estimate of drug-likeness (QED) is 0.333. The highest BCUT2D eigenvalue weighted by Gasteiger charge is 2.15. The van der Waals surface area contributed by atoms with Gasteiger partial charge in [0, 0.05) is 23.8 Å². The van der Waals surface area contributed by atoms with Crippen molar-refractivity contribution in [1.29, 1.82) is 5.41 Å². The first-order valence-corrected chi connectivity index (χ1v) is 9.11. The van der Waals surface area contributed by atoms with E-state index >= 15 is 0 Å². The van der Waals surface area contributed by atoms with Crippen molar-refractivity contribution in [3.63, 3.8) is 0 Å². The highest BCUT2D eigenvalue weighted by Crippen LogP contribution is 2.24. The van der Waals surface area contributed by atoms with Crippen molar-refractivity contribution in [1.82, 2.24) is 0 Å². The molecule has 0 amide bonds. The van der Waals surface area contributed by atoms with Crippen LogP contribution in [0.15, 0.2) is 66.7 Å². The van der Waals surface area contributed by atoms with Crippen LogP contribution in [0.1, 0.15) is 37.4 Å². The van der Waals surface area contributed by atoms with Gasteiger partial charge in [-0.05, 0) is 29.3 Å². The van der Waals surface area contributed by atoms with Crippen molar-refractivity contribution in [2.24, 2.45) is 0 Å². The Hall–Kier alpha value is -3.73. The number of carbonyl (C=O) groups excluding carboxylic acids is 2. The summed E-state index contributed by atoms with van der Waals surface area (Å²) in [5.74, 6) is 0.917. The number of hydrogen-bond donors (Lipinski definition) is 1. The van der Waals surface area contributed by atoms with Gasteiger partial charge in [0.15, 0.2) is 12.1 Å². The van der Waals surface area contributed by atoms with Crippen LogP contribution in [0, 0.1) is 5.41 Å². The highest BCUT2D eigenvalue weighted by molar-refractivity contribution is 6.04. The van der Waals surface area contributed by atoms with E-state index in [0.717, 1.165) is 5.56 Å². The van der Waals surface area contributed by atoms with E-state index in [0.29, 0.717) is 40.0 Å². The topological polar surface area (TPSA) is 76.5 Å². The smallest absolute Gasteiger partial charge is 0.167 e. The number of hydrogen-bond acceptors (Lipinski definition) is 5. The average Bonchev–Trinajstić information content (AvgIpc) is 2.77. The van der Waals surface area contributed by atoms with E-state index in [1.807, 2.05) is 36.4 Å². The maximum Gasteiger partial charge on any atom is 0.167 e. The third kappa shape index (κ3) is 4.76. The van der Waals surface area contributed by atoms with Crippen LogP contribution < -0.4 is 9.47 Å². The van der Waals surface area contributed by atoms with E-state index < -0.39 is 0 Å². The summed E-state index contributed by atoms with van der Waals surface area (Å²) in [6.07, 6.45) is 2.14. The zero-order chi connectivity index (χ0) is 20.6. The number of carbonyl (C=O) groups is 2. The van der Waals surface area contributed by atoms with Crippen molar-refractivity contribution < 1.29 is 19.1 Å². The molecule has 3 aromatic rings. The van der Waals surface area contributed by atoms with Gasteiger partial charge in [0.1, 0.15) is 18.1 Å². The Morgan fingerprint density at radius 1 is 1.03 bits per heavy atom. The third-order valence-electron chi connectivity index (χ3n) is 4.58. The highest BCUT2D eigenvalue weighted by atomic mass is 16.5. The van der Waals surface area contributed by atoms with Crippen molar-refractivity contribution >= 4 is 18.3 Å². The molecular formula is C24H21NO4. The molecule has 0 atom stereocenters. The lowest BCUT2D eigenvalue weighted by Gasteiger charge is -2.13.